The van der Waals surface area contributed by atoms with Gasteiger partial charge in [0.15, 0.2) is 0 Å². The van der Waals surface area contributed by atoms with Crippen LogP contribution in [0.15, 0.2) is 36.5 Å². The summed E-state index contributed by atoms with van der Waals surface area (Å²) in [4.78, 5) is 31.6. The van der Waals surface area contributed by atoms with Gasteiger partial charge in [0.05, 0.1) is 13.5 Å². The third-order valence-corrected chi connectivity index (χ3v) is 5.07. The number of carbonyl (C=O) groups excluding carboxylic acids is 2. The summed E-state index contributed by atoms with van der Waals surface area (Å²) in [6, 6.07) is 9.64. The Balaban J connectivity index is 1.59. The molecular weight excluding hydrogens is 342 g/mol. The number of benzene rings is 1. The maximum Gasteiger partial charge on any atom is 0.270 e. The molecule has 0 bridgehead atoms. The van der Waals surface area contributed by atoms with Crippen molar-refractivity contribution in [2.75, 3.05) is 33.3 Å². The van der Waals surface area contributed by atoms with Crippen LogP contribution in [0.3, 0.4) is 0 Å². The second-order valence-corrected chi connectivity index (χ2v) is 7.16. The summed E-state index contributed by atoms with van der Waals surface area (Å²) in [5.41, 5.74) is 2.68. The number of aromatic nitrogens is 1. The average Bonchev–Trinajstić information content (AvgIpc) is 3.22. The number of piperazine rings is 1. The summed E-state index contributed by atoms with van der Waals surface area (Å²) in [5.74, 6) is 1.22. The highest BCUT2D eigenvalue weighted by atomic mass is 16.5. The number of hydrogen-bond acceptors (Lipinski definition) is 3. The van der Waals surface area contributed by atoms with Crippen LogP contribution in [0.1, 0.15) is 41.4 Å². The first-order valence-electron chi connectivity index (χ1n) is 9.37. The third kappa shape index (κ3) is 4.32. The van der Waals surface area contributed by atoms with Gasteiger partial charge in [-0.1, -0.05) is 26.0 Å². The molecule has 0 aliphatic carbocycles. The molecule has 1 fully saturated rings. The number of nitrogens with zero attached hydrogens (tertiary/aromatic N) is 2. The second-order valence-electron chi connectivity index (χ2n) is 7.16. The van der Waals surface area contributed by atoms with Gasteiger partial charge >= 0.3 is 0 Å². The van der Waals surface area contributed by atoms with E-state index in [1.54, 1.807) is 24.3 Å². The van der Waals surface area contributed by atoms with Crippen LogP contribution in [0.2, 0.25) is 0 Å². The van der Waals surface area contributed by atoms with Crippen molar-refractivity contribution >= 4 is 11.8 Å². The smallest absolute Gasteiger partial charge is 0.270 e. The number of hydrogen-bond donors (Lipinski definition) is 1. The minimum absolute atomic E-state index is 0.0157. The fourth-order valence-corrected chi connectivity index (χ4v) is 3.33. The number of methoxy groups -OCH3 is 1. The van der Waals surface area contributed by atoms with Crippen molar-refractivity contribution in [3.63, 3.8) is 0 Å². The third-order valence-electron chi connectivity index (χ3n) is 5.07. The summed E-state index contributed by atoms with van der Waals surface area (Å²) < 4.78 is 5.49. The van der Waals surface area contributed by atoms with Crippen LogP contribution in [-0.2, 0) is 11.2 Å². The minimum atomic E-state index is -0.0157. The van der Waals surface area contributed by atoms with E-state index >= 15 is 0 Å². The van der Waals surface area contributed by atoms with E-state index in [9.17, 15) is 9.59 Å². The summed E-state index contributed by atoms with van der Waals surface area (Å²) in [6.07, 6.45) is 2.05. The Morgan fingerprint density at radius 3 is 2.41 bits per heavy atom. The minimum Gasteiger partial charge on any atom is -0.496 e. The van der Waals surface area contributed by atoms with Gasteiger partial charge in [-0.2, -0.15) is 0 Å². The lowest BCUT2D eigenvalue weighted by Gasteiger charge is -2.34. The topological polar surface area (TPSA) is 65.6 Å². The molecule has 0 unspecified atom stereocenters. The van der Waals surface area contributed by atoms with Crippen molar-refractivity contribution < 1.29 is 14.3 Å². The molecule has 3 rings (SSSR count). The van der Waals surface area contributed by atoms with E-state index in [1.165, 1.54) is 5.56 Å². The molecule has 0 saturated carbocycles. The maximum absolute atomic E-state index is 12.7. The zero-order valence-electron chi connectivity index (χ0n) is 16.2. The molecule has 2 heterocycles. The van der Waals surface area contributed by atoms with Crippen LogP contribution >= 0.6 is 0 Å². The molecule has 1 saturated heterocycles. The number of carbonyl (C=O) groups is 2. The molecule has 6 nitrogen and oxygen atoms in total. The molecule has 0 atom stereocenters. The molecule has 2 aromatic rings. The Labute approximate surface area is 160 Å². The average molecular weight is 369 g/mol. The van der Waals surface area contributed by atoms with E-state index in [-0.39, 0.29) is 11.8 Å². The highest BCUT2D eigenvalue weighted by Crippen LogP contribution is 2.25. The van der Waals surface area contributed by atoms with E-state index in [2.05, 4.69) is 24.9 Å². The number of ether oxygens (including phenoxy) is 1. The lowest BCUT2D eigenvalue weighted by molar-refractivity contribution is -0.131. The predicted octanol–water partition coefficient (Wildman–Crippen LogP) is 2.67. The number of amides is 2. The van der Waals surface area contributed by atoms with E-state index in [1.807, 2.05) is 23.1 Å². The van der Waals surface area contributed by atoms with E-state index < -0.39 is 0 Å². The summed E-state index contributed by atoms with van der Waals surface area (Å²) >= 11 is 0. The van der Waals surface area contributed by atoms with Crippen LogP contribution in [0.5, 0.6) is 5.75 Å². The molecule has 6 heteroatoms. The van der Waals surface area contributed by atoms with Gasteiger partial charge in [0.1, 0.15) is 11.4 Å². The standard InChI is InChI=1S/C21H27N3O3/c1-15(2)16-6-7-17(19(13-16)27-3)14-20(25)23-9-11-24(12-10-23)21(26)18-5-4-8-22-18/h4-8,13,15,22H,9-12,14H2,1-3H3. The molecule has 144 valence electrons. The maximum atomic E-state index is 12.7. The molecule has 2 amide bonds. The lowest BCUT2D eigenvalue weighted by atomic mass is 9.99. The zero-order chi connectivity index (χ0) is 19.4. The Hall–Kier alpha value is -2.76. The van der Waals surface area contributed by atoms with Crippen LogP contribution in [0.25, 0.3) is 0 Å². The van der Waals surface area contributed by atoms with Gasteiger partial charge in [-0.3, -0.25) is 9.59 Å². The Morgan fingerprint density at radius 2 is 1.81 bits per heavy atom. The van der Waals surface area contributed by atoms with Gasteiger partial charge in [0.2, 0.25) is 5.91 Å². The number of rotatable bonds is 5. The SMILES string of the molecule is COc1cc(C(C)C)ccc1CC(=O)N1CCN(C(=O)c2ccc[nH]2)CC1. The molecule has 1 aromatic heterocycles. The van der Waals surface area contributed by atoms with Gasteiger partial charge in [-0.05, 0) is 29.7 Å². The van der Waals surface area contributed by atoms with Crippen LogP contribution in [0, 0.1) is 0 Å². The quantitative estimate of drug-likeness (QED) is 0.881. The van der Waals surface area contributed by atoms with Gasteiger partial charge in [0.25, 0.3) is 5.91 Å². The van der Waals surface area contributed by atoms with Crippen LogP contribution < -0.4 is 4.74 Å². The van der Waals surface area contributed by atoms with Gasteiger partial charge in [0, 0.05) is 37.9 Å². The Kier molecular flexibility index (Phi) is 5.84. The first kappa shape index (κ1) is 19.0. The molecule has 1 aliphatic rings. The molecule has 0 radical (unpaired) electrons. The van der Waals surface area contributed by atoms with E-state index in [4.69, 9.17) is 4.74 Å². The normalized spacial score (nSPS) is 14.5. The summed E-state index contributed by atoms with van der Waals surface area (Å²) in [7, 11) is 1.64. The summed E-state index contributed by atoms with van der Waals surface area (Å²) in [6.45, 7) is 6.47. The lowest BCUT2D eigenvalue weighted by Crippen LogP contribution is -2.51. The van der Waals surface area contributed by atoms with Gasteiger partial charge < -0.3 is 19.5 Å². The van der Waals surface area contributed by atoms with Crippen molar-refractivity contribution in [2.45, 2.75) is 26.2 Å². The molecule has 1 aromatic carbocycles. The Bertz CT molecular complexity index is 791. The molecule has 1 aliphatic heterocycles. The number of nitrogens with one attached hydrogen (secondary N) is 1. The van der Waals surface area contributed by atoms with Crippen molar-refractivity contribution in [1.29, 1.82) is 0 Å². The monoisotopic (exact) mass is 369 g/mol. The predicted molar refractivity (Wildman–Crippen MR) is 104 cm³/mol. The molecule has 1 N–H and O–H groups in total. The molecular formula is C21H27N3O3. The van der Waals surface area contributed by atoms with Gasteiger partial charge in [-0.25, -0.2) is 0 Å². The second kappa shape index (κ2) is 8.29. The van der Waals surface area contributed by atoms with Crippen LogP contribution in [0.4, 0.5) is 0 Å². The van der Waals surface area contributed by atoms with Crippen molar-refractivity contribution in [2.24, 2.45) is 0 Å². The highest BCUT2D eigenvalue weighted by Gasteiger charge is 2.25. The van der Waals surface area contributed by atoms with Crippen LogP contribution in [-0.4, -0.2) is 59.9 Å². The number of aromatic amines is 1. The number of H-pyrrole nitrogens is 1. The first-order chi connectivity index (χ1) is 13.0. The fourth-order valence-electron chi connectivity index (χ4n) is 3.33. The van der Waals surface area contributed by atoms with E-state index in [0.717, 1.165) is 11.3 Å². The van der Waals surface area contributed by atoms with Crippen molar-refractivity contribution in [3.8, 4) is 5.75 Å². The molecule has 27 heavy (non-hydrogen) atoms. The zero-order valence-corrected chi connectivity index (χ0v) is 16.2. The van der Waals surface area contributed by atoms with Crippen molar-refractivity contribution in [1.82, 2.24) is 14.8 Å². The highest BCUT2D eigenvalue weighted by molar-refractivity contribution is 5.92. The molecule has 0 spiro atoms. The van der Waals surface area contributed by atoms with Crippen molar-refractivity contribution in [3.05, 3.63) is 53.3 Å². The largest absolute Gasteiger partial charge is 0.496 e. The summed E-state index contributed by atoms with van der Waals surface area (Å²) in [5, 5.41) is 0. The Morgan fingerprint density at radius 1 is 1.11 bits per heavy atom. The van der Waals surface area contributed by atoms with E-state index in [0.29, 0.717) is 44.2 Å². The fraction of sp³-hybridized carbons (Fsp3) is 0.429. The van der Waals surface area contributed by atoms with Gasteiger partial charge in [-0.15, -0.1) is 0 Å². The first-order valence-corrected chi connectivity index (χ1v) is 9.37.